The minimum Gasteiger partial charge on any atom is -0.497 e. The summed E-state index contributed by atoms with van der Waals surface area (Å²) in [5.41, 5.74) is 5.81. The first-order chi connectivity index (χ1) is 10.8. The van der Waals surface area contributed by atoms with Crippen LogP contribution in [-0.4, -0.2) is 45.5 Å². The number of methoxy groups -OCH3 is 1. The van der Waals surface area contributed by atoms with Gasteiger partial charge in [-0.05, 0) is 43.5 Å². The lowest BCUT2D eigenvalue weighted by Gasteiger charge is -2.09. The summed E-state index contributed by atoms with van der Waals surface area (Å²) in [6.45, 7) is 2.84. The number of benzene rings is 1. The minimum atomic E-state index is 0.235. The summed E-state index contributed by atoms with van der Waals surface area (Å²) in [6, 6.07) is 7.54. The van der Waals surface area contributed by atoms with Gasteiger partial charge in [-0.15, -0.1) is 0 Å². The molecule has 0 radical (unpaired) electrons. The molecule has 1 fully saturated rings. The molecule has 1 aliphatic heterocycles. The summed E-state index contributed by atoms with van der Waals surface area (Å²) in [5.74, 6) is 2.13. The average Bonchev–Trinajstić information content (AvgIpc) is 3.06. The monoisotopic (exact) mass is 307 g/mol. The molecule has 0 amide bonds. The molecule has 1 saturated heterocycles. The Morgan fingerprint density at radius 1 is 1.36 bits per heavy atom. The molecule has 3 N–H and O–H groups in total. The summed E-state index contributed by atoms with van der Waals surface area (Å²) in [4.78, 5) is 4.28. The molecule has 1 unspecified atom stereocenters. The van der Waals surface area contributed by atoms with Gasteiger partial charge in [0.1, 0.15) is 11.5 Å². The molecule has 22 heavy (non-hydrogen) atoms. The first-order valence-electron chi connectivity index (χ1n) is 7.70. The maximum Gasteiger partial charge on any atom is 0.188 e. The van der Waals surface area contributed by atoms with Gasteiger partial charge in [-0.1, -0.05) is 0 Å². The van der Waals surface area contributed by atoms with Crippen molar-refractivity contribution in [3.05, 3.63) is 24.3 Å². The van der Waals surface area contributed by atoms with Crippen LogP contribution in [0.2, 0.25) is 0 Å². The van der Waals surface area contributed by atoms with E-state index >= 15 is 0 Å². The molecule has 1 heterocycles. The smallest absolute Gasteiger partial charge is 0.188 e. The van der Waals surface area contributed by atoms with Gasteiger partial charge in [0.2, 0.25) is 0 Å². The van der Waals surface area contributed by atoms with Crippen LogP contribution in [0.3, 0.4) is 0 Å². The Morgan fingerprint density at radius 2 is 2.14 bits per heavy atom. The third kappa shape index (κ3) is 5.81. The molecule has 2 rings (SSSR count). The second kappa shape index (κ2) is 9.15. The number of nitrogens with two attached hydrogens (primary N) is 1. The van der Waals surface area contributed by atoms with Crippen molar-refractivity contribution in [3.63, 3.8) is 0 Å². The highest BCUT2D eigenvalue weighted by Crippen LogP contribution is 2.16. The Hall–Kier alpha value is -1.95. The predicted octanol–water partition coefficient (Wildman–Crippen LogP) is 1.55. The Kier molecular flexibility index (Phi) is 6.83. The van der Waals surface area contributed by atoms with E-state index in [-0.39, 0.29) is 6.10 Å². The largest absolute Gasteiger partial charge is 0.497 e. The van der Waals surface area contributed by atoms with Crippen LogP contribution in [0.4, 0.5) is 0 Å². The standard InChI is InChI=1S/C16H25N3O3/c1-20-13-5-7-14(8-6-13)21-11-3-9-18-16(17)19-12-15-4-2-10-22-15/h5-8,15H,2-4,9-12H2,1H3,(H3,17,18,19). The number of rotatable bonds is 8. The lowest BCUT2D eigenvalue weighted by molar-refractivity contribution is 0.118. The van der Waals surface area contributed by atoms with Crippen molar-refractivity contribution in [2.24, 2.45) is 10.7 Å². The highest BCUT2D eigenvalue weighted by molar-refractivity contribution is 5.77. The number of guanidine groups is 1. The second-order valence-electron chi connectivity index (χ2n) is 5.17. The van der Waals surface area contributed by atoms with Crippen LogP contribution in [0.15, 0.2) is 29.3 Å². The Morgan fingerprint density at radius 3 is 2.82 bits per heavy atom. The van der Waals surface area contributed by atoms with Crippen LogP contribution in [0.1, 0.15) is 19.3 Å². The zero-order valence-corrected chi connectivity index (χ0v) is 13.1. The molecule has 1 aromatic rings. The van der Waals surface area contributed by atoms with Crippen LogP contribution in [0.5, 0.6) is 11.5 Å². The summed E-state index contributed by atoms with van der Waals surface area (Å²) in [6.07, 6.45) is 3.28. The highest BCUT2D eigenvalue weighted by Gasteiger charge is 2.14. The molecule has 1 atom stereocenters. The molecule has 0 spiro atoms. The van der Waals surface area contributed by atoms with Crippen molar-refractivity contribution in [2.75, 3.05) is 33.4 Å². The first-order valence-corrected chi connectivity index (χ1v) is 7.70. The van der Waals surface area contributed by atoms with Gasteiger partial charge in [-0.25, -0.2) is 0 Å². The van der Waals surface area contributed by atoms with E-state index in [1.54, 1.807) is 7.11 Å². The Balaban J connectivity index is 1.55. The van der Waals surface area contributed by atoms with Crippen LogP contribution in [0, 0.1) is 0 Å². The molecule has 0 bridgehead atoms. The zero-order chi connectivity index (χ0) is 15.6. The van der Waals surface area contributed by atoms with E-state index < -0.39 is 0 Å². The number of aliphatic imine (C=N–C) groups is 1. The number of hydrogen-bond acceptors (Lipinski definition) is 4. The fraction of sp³-hybridized carbons (Fsp3) is 0.562. The molecule has 1 aromatic carbocycles. The molecule has 6 nitrogen and oxygen atoms in total. The SMILES string of the molecule is COc1ccc(OCCCNC(N)=NCC2CCCO2)cc1. The van der Waals surface area contributed by atoms with Crippen LogP contribution < -0.4 is 20.5 Å². The van der Waals surface area contributed by atoms with Gasteiger partial charge in [0.15, 0.2) is 5.96 Å². The molecular weight excluding hydrogens is 282 g/mol. The van der Waals surface area contributed by atoms with Crippen LogP contribution >= 0.6 is 0 Å². The molecule has 1 aliphatic rings. The van der Waals surface area contributed by atoms with Crippen molar-refractivity contribution in [3.8, 4) is 11.5 Å². The molecule has 0 aromatic heterocycles. The fourth-order valence-electron chi connectivity index (χ4n) is 2.19. The molecule has 0 aliphatic carbocycles. The van der Waals surface area contributed by atoms with E-state index in [2.05, 4.69) is 10.3 Å². The van der Waals surface area contributed by atoms with Gasteiger partial charge in [0.05, 0.1) is 26.4 Å². The quantitative estimate of drug-likeness (QED) is 0.433. The number of hydrogen-bond donors (Lipinski definition) is 2. The number of nitrogens with one attached hydrogen (secondary N) is 1. The van der Waals surface area contributed by atoms with Gasteiger partial charge in [-0.2, -0.15) is 0 Å². The normalized spacial score (nSPS) is 18.2. The third-order valence-electron chi connectivity index (χ3n) is 3.44. The second-order valence-corrected chi connectivity index (χ2v) is 5.17. The lowest BCUT2D eigenvalue weighted by atomic mass is 10.2. The van der Waals surface area contributed by atoms with Gasteiger partial charge in [0.25, 0.3) is 0 Å². The predicted molar refractivity (Wildman–Crippen MR) is 86.6 cm³/mol. The van der Waals surface area contributed by atoms with E-state index in [4.69, 9.17) is 19.9 Å². The van der Waals surface area contributed by atoms with Crippen molar-refractivity contribution < 1.29 is 14.2 Å². The minimum absolute atomic E-state index is 0.235. The van der Waals surface area contributed by atoms with Crippen LogP contribution in [-0.2, 0) is 4.74 Å². The van der Waals surface area contributed by atoms with Gasteiger partial charge in [0, 0.05) is 13.2 Å². The lowest BCUT2D eigenvalue weighted by Crippen LogP contribution is -2.33. The molecule has 6 heteroatoms. The van der Waals surface area contributed by atoms with E-state index in [0.29, 0.717) is 19.1 Å². The highest BCUT2D eigenvalue weighted by atomic mass is 16.5. The topological polar surface area (TPSA) is 78.1 Å². The van der Waals surface area contributed by atoms with Gasteiger partial charge >= 0.3 is 0 Å². The molecule has 0 saturated carbocycles. The summed E-state index contributed by atoms with van der Waals surface area (Å²) < 4.78 is 16.2. The van der Waals surface area contributed by atoms with Crippen LogP contribution in [0.25, 0.3) is 0 Å². The van der Waals surface area contributed by atoms with Crippen molar-refractivity contribution >= 4 is 5.96 Å². The van der Waals surface area contributed by atoms with E-state index in [0.717, 1.165) is 43.9 Å². The maximum atomic E-state index is 5.81. The van der Waals surface area contributed by atoms with Gasteiger partial charge < -0.3 is 25.3 Å². The Labute approximate surface area is 131 Å². The zero-order valence-electron chi connectivity index (χ0n) is 13.1. The van der Waals surface area contributed by atoms with E-state index in [9.17, 15) is 0 Å². The maximum absolute atomic E-state index is 5.81. The van der Waals surface area contributed by atoms with Gasteiger partial charge in [-0.3, -0.25) is 4.99 Å². The first kappa shape index (κ1) is 16.4. The molecule has 122 valence electrons. The summed E-state index contributed by atoms with van der Waals surface area (Å²) in [7, 11) is 1.65. The average molecular weight is 307 g/mol. The Bertz CT molecular complexity index is 456. The summed E-state index contributed by atoms with van der Waals surface area (Å²) >= 11 is 0. The van der Waals surface area contributed by atoms with Crippen molar-refractivity contribution in [1.82, 2.24) is 5.32 Å². The molecular formula is C16H25N3O3. The van der Waals surface area contributed by atoms with Crippen molar-refractivity contribution in [1.29, 1.82) is 0 Å². The fourth-order valence-corrected chi connectivity index (χ4v) is 2.19. The van der Waals surface area contributed by atoms with E-state index in [1.165, 1.54) is 0 Å². The number of nitrogens with zero attached hydrogens (tertiary/aromatic N) is 1. The summed E-state index contributed by atoms with van der Waals surface area (Å²) in [5, 5.41) is 3.08. The van der Waals surface area contributed by atoms with E-state index in [1.807, 2.05) is 24.3 Å². The third-order valence-corrected chi connectivity index (χ3v) is 3.44. The van der Waals surface area contributed by atoms with Crippen molar-refractivity contribution in [2.45, 2.75) is 25.4 Å². The number of ether oxygens (including phenoxy) is 3.